The van der Waals surface area contributed by atoms with Gasteiger partial charge in [-0.05, 0) is 69.5 Å². The van der Waals surface area contributed by atoms with Crippen LogP contribution >= 0.6 is 0 Å². The molecule has 0 saturated carbocycles. The maximum atomic E-state index is 13.1. The second-order valence-electron chi connectivity index (χ2n) is 10.5. The van der Waals surface area contributed by atoms with Crippen molar-refractivity contribution in [2.45, 2.75) is 52.5 Å². The van der Waals surface area contributed by atoms with E-state index in [2.05, 4.69) is 69.5 Å². The summed E-state index contributed by atoms with van der Waals surface area (Å²) in [4.78, 5) is 20.1. The number of carbonyl (C=O) groups is 1. The molecule has 3 heterocycles. The van der Waals surface area contributed by atoms with Crippen LogP contribution in [0.5, 0.6) is 0 Å². The quantitative estimate of drug-likeness (QED) is 0.317. The average molecular weight is 476 g/mol. The van der Waals surface area contributed by atoms with Crippen LogP contribution in [0.1, 0.15) is 59.9 Å². The molecule has 2 aliphatic heterocycles. The van der Waals surface area contributed by atoms with Crippen LogP contribution in [0.15, 0.2) is 48.0 Å². The Morgan fingerprint density at radius 3 is 2.77 bits per heavy atom. The number of Topliss-reactive ketones (excluding diaryl/α,β-unsaturated/α-hetero) is 1. The first-order valence-corrected chi connectivity index (χ1v) is 12.5. The summed E-state index contributed by atoms with van der Waals surface area (Å²) in [5, 5.41) is 3.48. The SMILES string of the molecule is COC1=C(c2cc(C(=O)CCC/C=C3/Nc4ccc(C)cc4N3C)cc(C)n2)C(C)[N+](C)(C)CC1. The number of pyridine rings is 1. The zero-order valence-corrected chi connectivity index (χ0v) is 22.2. The van der Waals surface area contributed by atoms with Gasteiger partial charge in [0.25, 0.3) is 0 Å². The number of nitrogens with zero attached hydrogens (tertiary/aromatic N) is 3. The number of ketones is 1. The minimum atomic E-state index is 0.165. The van der Waals surface area contributed by atoms with Gasteiger partial charge in [-0.15, -0.1) is 0 Å². The van der Waals surface area contributed by atoms with E-state index >= 15 is 0 Å². The van der Waals surface area contributed by atoms with Crippen LogP contribution in [0.2, 0.25) is 0 Å². The van der Waals surface area contributed by atoms with Gasteiger partial charge in [0.2, 0.25) is 0 Å². The lowest BCUT2D eigenvalue weighted by atomic mass is 9.92. The van der Waals surface area contributed by atoms with Crippen LogP contribution in [0.3, 0.4) is 0 Å². The molecule has 2 aliphatic rings. The van der Waals surface area contributed by atoms with Crippen LogP contribution in [0.25, 0.3) is 5.57 Å². The third-order valence-electron chi connectivity index (χ3n) is 7.56. The molecule has 6 heteroatoms. The fraction of sp³-hybridized carbons (Fsp3) is 0.448. The van der Waals surface area contributed by atoms with Crippen molar-refractivity contribution in [3.8, 4) is 0 Å². The molecule has 186 valence electrons. The van der Waals surface area contributed by atoms with Crippen molar-refractivity contribution < 1.29 is 14.0 Å². The molecular weight excluding hydrogens is 436 g/mol. The van der Waals surface area contributed by atoms with Gasteiger partial charge in [-0.25, -0.2) is 0 Å². The van der Waals surface area contributed by atoms with Gasteiger partial charge in [0, 0.05) is 24.7 Å². The van der Waals surface area contributed by atoms with E-state index in [4.69, 9.17) is 9.72 Å². The number of aryl methyl sites for hydroxylation is 2. The monoisotopic (exact) mass is 475 g/mol. The van der Waals surface area contributed by atoms with E-state index in [1.54, 1.807) is 7.11 Å². The number of likely N-dealkylation sites (N-methyl/N-ethyl adjacent to an activating group) is 1. The summed E-state index contributed by atoms with van der Waals surface area (Å²) in [5.41, 5.74) is 7.16. The molecule has 0 spiro atoms. The molecule has 0 radical (unpaired) electrons. The van der Waals surface area contributed by atoms with Gasteiger partial charge in [-0.1, -0.05) is 6.07 Å². The fourth-order valence-electron chi connectivity index (χ4n) is 5.05. The summed E-state index contributed by atoms with van der Waals surface area (Å²) >= 11 is 0. The van der Waals surface area contributed by atoms with E-state index in [0.29, 0.717) is 6.42 Å². The van der Waals surface area contributed by atoms with Gasteiger partial charge >= 0.3 is 0 Å². The Bertz CT molecular complexity index is 1200. The van der Waals surface area contributed by atoms with Crippen molar-refractivity contribution in [2.24, 2.45) is 0 Å². The Balaban J connectivity index is 1.45. The highest BCUT2D eigenvalue weighted by molar-refractivity contribution is 5.97. The first kappa shape index (κ1) is 25.0. The molecule has 1 aromatic carbocycles. The molecule has 1 unspecified atom stereocenters. The number of rotatable bonds is 7. The summed E-state index contributed by atoms with van der Waals surface area (Å²) in [5.74, 6) is 2.23. The van der Waals surface area contributed by atoms with Crippen LogP contribution in [0, 0.1) is 13.8 Å². The lowest BCUT2D eigenvalue weighted by Gasteiger charge is -2.41. The number of nitrogens with one attached hydrogen (secondary N) is 1. The van der Waals surface area contributed by atoms with E-state index in [1.165, 1.54) is 11.3 Å². The molecule has 0 aliphatic carbocycles. The van der Waals surface area contributed by atoms with Crippen LogP contribution in [-0.4, -0.2) is 56.1 Å². The molecule has 4 rings (SSSR count). The number of carbonyl (C=O) groups excluding carboxylic acids is 1. The number of aromatic nitrogens is 1. The van der Waals surface area contributed by atoms with Crippen molar-refractivity contribution in [1.82, 2.24) is 4.98 Å². The molecule has 0 bridgehead atoms. The summed E-state index contributed by atoms with van der Waals surface area (Å²) in [6.07, 6.45) is 5.21. The van der Waals surface area contributed by atoms with Gasteiger partial charge in [0.1, 0.15) is 17.6 Å². The smallest absolute Gasteiger partial charge is 0.163 e. The number of unbranched alkanes of at least 4 members (excludes halogenated alkanes) is 1. The number of quaternary nitrogens is 1. The van der Waals surface area contributed by atoms with E-state index in [-0.39, 0.29) is 11.8 Å². The van der Waals surface area contributed by atoms with E-state index < -0.39 is 0 Å². The molecule has 1 atom stereocenters. The number of methoxy groups -OCH3 is 1. The molecule has 0 amide bonds. The number of fused-ring (bicyclic) bond motifs is 1. The van der Waals surface area contributed by atoms with Gasteiger partial charge < -0.3 is 19.4 Å². The van der Waals surface area contributed by atoms with Crippen molar-refractivity contribution in [3.63, 3.8) is 0 Å². The summed E-state index contributed by atoms with van der Waals surface area (Å²) in [6.45, 7) is 7.32. The Labute approximate surface area is 209 Å². The van der Waals surface area contributed by atoms with Gasteiger partial charge in [-0.3, -0.25) is 9.78 Å². The molecule has 1 aromatic heterocycles. The summed E-state index contributed by atoms with van der Waals surface area (Å²) < 4.78 is 6.63. The minimum absolute atomic E-state index is 0.165. The van der Waals surface area contributed by atoms with Crippen LogP contribution in [-0.2, 0) is 4.74 Å². The predicted octanol–water partition coefficient (Wildman–Crippen LogP) is 5.68. The standard InChI is InChI=1S/C29H39N4O2/c1-19-12-13-23-25(16-19)32(4)28(31-23)11-9-8-10-26(34)22-17-20(2)30-24(18-22)29-21(3)33(5,6)15-14-27(29)35-7/h11-13,16-18,21,31H,8-10,14-15H2,1-7H3/q+1/b28-11-. The molecule has 1 N–H and O–H groups in total. The zero-order chi connectivity index (χ0) is 25.3. The van der Waals surface area contributed by atoms with Crippen LogP contribution in [0.4, 0.5) is 11.4 Å². The maximum Gasteiger partial charge on any atom is 0.163 e. The Kier molecular flexibility index (Phi) is 7.04. The van der Waals surface area contributed by atoms with E-state index in [9.17, 15) is 4.79 Å². The number of hydrogen-bond acceptors (Lipinski definition) is 5. The lowest BCUT2D eigenvalue weighted by Crippen LogP contribution is -2.51. The molecule has 35 heavy (non-hydrogen) atoms. The van der Waals surface area contributed by atoms with Crippen molar-refractivity contribution in [3.05, 3.63) is 70.5 Å². The zero-order valence-electron chi connectivity index (χ0n) is 22.2. The summed E-state index contributed by atoms with van der Waals surface area (Å²) in [6, 6.07) is 10.5. The number of hydrogen-bond donors (Lipinski definition) is 1. The number of benzene rings is 1. The second kappa shape index (κ2) is 9.86. The minimum Gasteiger partial charge on any atom is -0.500 e. The molecule has 6 nitrogen and oxygen atoms in total. The number of ether oxygens (including phenoxy) is 1. The Morgan fingerprint density at radius 2 is 2.03 bits per heavy atom. The predicted molar refractivity (Wildman–Crippen MR) is 143 cm³/mol. The van der Waals surface area contributed by atoms with E-state index in [1.807, 2.05) is 19.1 Å². The molecular formula is C29H39N4O2+. The van der Waals surface area contributed by atoms with Crippen LogP contribution < -0.4 is 10.2 Å². The molecule has 0 fully saturated rings. The molecule has 0 saturated heterocycles. The third-order valence-corrected chi connectivity index (χ3v) is 7.56. The maximum absolute atomic E-state index is 13.1. The number of anilines is 2. The largest absolute Gasteiger partial charge is 0.500 e. The lowest BCUT2D eigenvalue weighted by molar-refractivity contribution is -0.906. The highest BCUT2D eigenvalue weighted by Gasteiger charge is 2.36. The topological polar surface area (TPSA) is 54.5 Å². The molecule has 2 aromatic rings. The van der Waals surface area contributed by atoms with E-state index in [0.717, 1.165) is 70.1 Å². The Hall–Kier alpha value is -3.12. The highest BCUT2D eigenvalue weighted by Crippen LogP contribution is 2.36. The summed E-state index contributed by atoms with van der Waals surface area (Å²) in [7, 11) is 8.29. The van der Waals surface area contributed by atoms with Gasteiger partial charge in [0.05, 0.1) is 56.8 Å². The Morgan fingerprint density at radius 1 is 1.26 bits per heavy atom. The third kappa shape index (κ3) is 5.13. The normalized spacial score (nSPS) is 20.1. The van der Waals surface area contributed by atoms with Crippen molar-refractivity contribution in [2.75, 3.05) is 45.0 Å². The first-order valence-electron chi connectivity index (χ1n) is 12.5. The first-order chi connectivity index (χ1) is 16.6. The number of allylic oxidation sites excluding steroid dienone is 1. The fourth-order valence-corrected chi connectivity index (χ4v) is 5.05. The highest BCUT2D eigenvalue weighted by atomic mass is 16.5. The van der Waals surface area contributed by atoms with Crippen molar-refractivity contribution >= 4 is 22.7 Å². The van der Waals surface area contributed by atoms with Gasteiger partial charge in [-0.2, -0.15) is 0 Å². The average Bonchev–Trinajstić information content (AvgIpc) is 3.12. The second-order valence-corrected chi connectivity index (χ2v) is 10.5. The van der Waals surface area contributed by atoms with Crippen molar-refractivity contribution in [1.29, 1.82) is 0 Å². The van der Waals surface area contributed by atoms with Gasteiger partial charge in [0.15, 0.2) is 5.78 Å².